The molecule has 7 nitrogen and oxygen atoms in total. The fraction of sp³-hybridized carbons (Fsp3) is 0.611. The number of likely N-dealkylation sites (tertiary alicyclic amines) is 1. The molecule has 1 saturated heterocycles. The summed E-state index contributed by atoms with van der Waals surface area (Å²) in [4.78, 5) is 27.3. The highest BCUT2D eigenvalue weighted by Crippen LogP contribution is 2.25. The van der Waals surface area contributed by atoms with Gasteiger partial charge in [-0.3, -0.25) is 19.8 Å². The van der Waals surface area contributed by atoms with Crippen LogP contribution in [0.1, 0.15) is 24.0 Å². The summed E-state index contributed by atoms with van der Waals surface area (Å²) in [5.74, 6) is 0.132. The highest BCUT2D eigenvalue weighted by molar-refractivity contribution is 5.78. The fourth-order valence-electron chi connectivity index (χ4n) is 3.33. The molecule has 1 heterocycles. The molecule has 1 aromatic carbocycles. The molecule has 2 rings (SSSR count). The molecule has 1 aromatic rings. The van der Waals surface area contributed by atoms with Crippen LogP contribution in [0.2, 0.25) is 0 Å². The van der Waals surface area contributed by atoms with E-state index in [1.165, 1.54) is 6.07 Å². The molecule has 7 heteroatoms. The summed E-state index contributed by atoms with van der Waals surface area (Å²) in [7, 11) is 3.44. The van der Waals surface area contributed by atoms with E-state index < -0.39 is 0 Å². The van der Waals surface area contributed by atoms with E-state index in [9.17, 15) is 14.9 Å². The number of piperidine rings is 1. The second kappa shape index (κ2) is 8.92. The van der Waals surface area contributed by atoms with Gasteiger partial charge in [-0.05, 0) is 31.9 Å². The van der Waals surface area contributed by atoms with Gasteiger partial charge in [0.15, 0.2) is 0 Å². The van der Waals surface area contributed by atoms with Crippen LogP contribution in [0.5, 0.6) is 0 Å². The molecule has 0 radical (unpaired) electrons. The number of hydrogen-bond donors (Lipinski definition) is 0. The van der Waals surface area contributed by atoms with Crippen molar-refractivity contribution in [3.8, 4) is 0 Å². The Kier molecular flexibility index (Phi) is 6.90. The average Bonchev–Trinajstić information content (AvgIpc) is 2.60. The van der Waals surface area contributed by atoms with Crippen LogP contribution in [0.25, 0.3) is 0 Å². The molecule has 0 aromatic heterocycles. The summed E-state index contributed by atoms with van der Waals surface area (Å²) < 4.78 is 5.03. The molecule has 0 aliphatic carbocycles. The molecule has 0 unspecified atom stereocenters. The predicted molar refractivity (Wildman–Crippen MR) is 95.3 cm³/mol. The standard InChI is InChI=1S/C18H27N3O4/c1-14-15(6-4-8-17(14)21(23)24)12-20-9-5-7-16(13-20)18(22)19(2)10-11-25-3/h4,6,8,16H,5,7,9-13H2,1-3H3/t16-/m1/s1. The molecular formula is C18H27N3O4. The maximum Gasteiger partial charge on any atom is 0.272 e. The zero-order valence-electron chi connectivity index (χ0n) is 15.2. The Morgan fingerprint density at radius 1 is 1.48 bits per heavy atom. The second-order valence-corrected chi connectivity index (χ2v) is 6.65. The van der Waals surface area contributed by atoms with Crippen molar-refractivity contribution in [2.45, 2.75) is 26.3 Å². The van der Waals surface area contributed by atoms with E-state index in [-0.39, 0.29) is 22.4 Å². The maximum atomic E-state index is 12.6. The number of hydrogen-bond acceptors (Lipinski definition) is 5. The summed E-state index contributed by atoms with van der Waals surface area (Å²) in [5.41, 5.74) is 1.81. The lowest BCUT2D eigenvalue weighted by molar-refractivity contribution is -0.385. The van der Waals surface area contributed by atoms with E-state index in [0.717, 1.165) is 24.9 Å². The molecule has 138 valence electrons. The highest BCUT2D eigenvalue weighted by Gasteiger charge is 2.28. The first-order valence-corrected chi connectivity index (χ1v) is 8.63. The quantitative estimate of drug-likeness (QED) is 0.557. The molecule has 25 heavy (non-hydrogen) atoms. The van der Waals surface area contributed by atoms with Crippen molar-refractivity contribution in [3.05, 3.63) is 39.4 Å². The lowest BCUT2D eigenvalue weighted by Crippen LogP contribution is -2.44. The van der Waals surface area contributed by atoms with Crippen LogP contribution in [0.3, 0.4) is 0 Å². The number of carbonyl (C=O) groups is 1. The summed E-state index contributed by atoms with van der Waals surface area (Å²) in [5, 5.41) is 11.1. The first-order chi connectivity index (χ1) is 11.9. The number of methoxy groups -OCH3 is 1. The van der Waals surface area contributed by atoms with Crippen LogP contribution in [-0.4, -0.2) is 61.0 Å². The number of nitro benzene ring substituents is 1. The maximum absolute atomic E-state index is 12.6. The largest absolute Gasteiger partial charge is 0.383 e. The van der Waals surface area contributed by atoms with Gasteiger partial charge in [-0.2, -0.15) is 0 Å². The molecule has 1 atom stereocenters. The van der Waals surface area contributed by atoms with E-state index in [4.69, 9.17) is 4.74 Å². The molecule has 1 aliphatic rings. The van der Waals surface area contributed by atoms with Crippen molar-refractivity contribution in [2.24, 2.45) is 5.92 Å². The Labute approximate surface area is 148 Å². The van der Waals surface area contributed by atoms with E-state index in [1.54, 1.807) is 25.0 Å². The third-order valence-electron chi connectivity index (χ3n) is 4.87. The zero-order chi connectivity index (χ0) is 18.4. The lowest BCUT2D eigenvalue weighted by atomic mass is 9.95. The molecular weight excluding hydrogens is 322 g/mol. The minimum absolute atomic E-state index is 0.0189. The van der Waals surface area contributed by atoms with Gasteiger partial charge < -0.3 is 9.64 Å². The number of amides is 1. The van der Waals surface area contributed by atoms with E-state index >= 15 is 0 Å². The molecule has 0 spiro atoms. The van der Waals surface area contributed by atoms with E-state index in [2.05, 4.69) is 4.90 Å². The monoisotopic (exact) mass is 349 g/mol. The van der Waals surface area contributed by atoms with Crippen LogP contribution in [-0.2, 0) is 16.1 Å². The van der Waals surface area contributed by atoms with Gasteiger partial charge >= 0.3 is 0 Å². The molecule has 0 N–H and O–H groups in total. The Hall–Kier alpha value is -1.99. The van der Waals surface area contributed by atoms with Crippen molar-refractivity contribution in [2.75, 3.05) is 40.4 Å². The van der Waals surface area contributed by atoms with Gasteiger partial charge in [0.05, 0.1) is 17.4 Å². The van der Waals surface area contributed by atoms with E-state index in [0.29, 0.717) is 31.8 Å². The normalized spacial score (nSPS) is 18.1. The Balaban J connectivity index is 2.01. The number of likely N-dealkylation sites (N-methyl/N-ethyl adjacent to an activating group) is 1. The summed E-state index contributed by atoms with van der Waals surface area (Å²) in [6.07, 6.45) is 1.85. The van der Waals surface area contributed by atoms with Gasteiger partial charge in [-0.15, -0.1) is 0 Å². The molecule has 0 saturated carbocycles. The molecule has 0 bridgehead atoms. The smallest absolute Gasteiger partial charge is 0.272 e. The lowest BCUT2D eigenvalue weighted by Gasteiger charge is -2.34. The summed E-state index contributed by atoms with van der Waals surface area (Å²) in [6, 6.07) is 5.19. The molecule has 1 amide bonds. The number of carbonyl (C=O) groups excluding carboxylic acids is 1. The highest BCUT2D eigenvalue weighted by atomic mass is 16.6. The van der Waals surface area contributed by atoms with Crippen molar-refractivity contribution in [3.63, 3.8) is 0 Å². The van der Waals surface area contributed by atoms with Gasteiger partial charge in [0.25, 0.3) is 5.69 Å². The third kappa shape index (κ3) is 4.99. The SMILES string of the molecule is COCCN(C)C(=O)[C@@H]1CCCN(Cc2cccc([N+](=O)[O-])c2C)C1. The van der Waals surface area contributed by atoms with Gasteiger partial charge in [0.1, 0.15) is 0 Å². The van der Waals surface area contributed by atoms with Crippen LogP contribution >= 0.6 is 0 Å². The fourth-order valence-corrected chi connectivity index (χ4v) is 3.33. The number of nitro groups is 1. The van der Waals surface area contributed by atoms with Crippen molar-refractivity contribution < 1.29 is 14.5 Å². The van der Waals surface area contributed by atoms with Crippen LogP contribution in [0.4, 0.5) is 5.69 Å². The molecule has 1 aliphatic heterocycles. The Morgan fingerprint density at radius 2 is 2.24 bits per heavy atom. The number of benzene rings is 1. The third-order valence-corrected chi connectivity index (χ3v) is 4.87. The molecule has 1 fully saturated rings. The minimum Gasteiger partial charge on any atom is -0.383 e. The first-order valence-electron chi connectivity index (χ1n) is 8.63. The summed E-state index contributed by atoms with van der Waals surface area (Å²) >= 11 is 0. The van der Waals surface area contributed by atoms with Crippen LogP contribution in [0, 0.1) is 23.0 Å². The van der Waals surface area contributed by atoms with Crippen LogP contribution < -0.4 is 0 Å². The van der Waals surface area contributed by atoms with Crippen LogP contribution in [0.15, 0.2) is 18.2 Å². The van der Waals surface area contributed by atoms with Gasteiger partial charge in [-0.25, -0.2) is 0 Å². The predicted octanol–water partition coefficient (Wildman–Crippen LogP) is 2.22. The van der Waals surface area contributed by atoms with Crippen molar-refractivity contribution in [1.82, 2.24) is 9.80 Å². The number of rotatable bonds is 7. The summed E-state index contributed by atoms with van der Waals surface area (Å²) in [6.45, 7) is 5.16. The number of nitrogens with zero attached hydrogens (tertiary/aromatic N) is 3. The number of ether oxygens (including phenoxy) is 1. The van der Waals surface area contributed by atoms with Crippen molar-refractivity contribution >= 4 is 11.6 Å². The van der Waals surface area contributed by atoms with Gasteiger partial charge in [0, 0.05) is 45.4 Å². The Bertz CT molecular complexity index is 620. The second-order valence-electron chi connectivity index (χ2n) is 6.65. The topological polar surface area (TPSA) is 75.9 Å². The Morgan fingerprint density at radius 3 is 2.92 bits per heavy atom. The minimum atomic E-state index is -0.341. The van der Waals surface area contributed by atoms with Gasteiger partial charge in [0.2, 0.25) is 5.91 Å². The van der Waals surface area contributed by atoms with Crippen molar-refractivity contribution in [1.29, 1.82) is 0 Å². The van der Waals surface area contributed by atoms with E-state index in [1.807, 2.05) is 13.1 Å². The zero-order valence-corrected chi connectivity index (χ0v) is 15.2. The van der Waals surface area contributed by atoms with Gasteiger partial charge in [-0.1, -0.05) is 12.1 Å². The first kappa shape index (κ1) is 19.3. The average molecular weight is 349 g/mol.